The molecule has 0 atom stereocenters. The van der Waals surface area contributed by atoms with Gasteiger partial charge >= 0.3 is 5.97 Å². The average molecular weight is 297 g/mol. The average Bonchev–Trinajstić information content (AvgIpc) is 3.13. The number of rotatable bonds is 7. The van der Waals surface area contributed by atoms with Crippen LogP contribution in [0, 0.1) is 12.8 Å². The maximum atomic E-state index is 11.8. The number of anilines is 1. The molecule has 5 nitrogen and oxygen atoms in total. The van der Waals surface area contributed by atoms with Gasteiger partial charge in [0, 0.05) is 4.88 Å². The van der Waals surface area contributed by atoms with Crippen LogP contribution in [0.25, 0.3) is 0 Å². The molecule has 0 spiro atoms. The van der Waals surface area contributed by atoms with Gasteiger partial charge in [-0.2, -0.15) is 0 Å². The van der Waals surface area contributed by atoms with Gasteiger partial charge in [-0.1, -0.05) is 6.92 Å². The Bertz CT molecular complexity index is 519. The van der Waals surface area contributed by atoms with Crippen LogP contribution in [-0.2, 0) is 16.0 Å². The zero-order chi connectivity index (χ0) is 14.7. The number of carboxylic acid groups (broad SMARTS) is 1. The molecule has 1 amide bonds. The first-order chi connectivity index (χ1) is 9.52. The lowest BCUT2D eigenvalue weighted by Gasteiger charge is -2.05. The molecule has 0 unspecified atom stereocenters. The number of ether oxygens (including phenoxy) is 1. The Morgan fingerprint density at radius 2 is 2.15 bits per heavy atom. The van der Waals surface area contributed by atoms with Crippen LogP contribution in [0.15, 0.2) is 0 Å². The van der Waals surface area contributed by atoms with Crippen molar-refractivity contribution in [2.45, 2.75) is 33.1 Å². The van der Waals surface area contributed by atoms with E-state index in [4.69, 9.17) is 4.74 Å². The van der Waals surface area contributed by atoms with E-state index in [2.05, 4.69) is 5.32 Å². The highest BCUT2D eigenvalue weighted by Crippen LogP contribution is 2.33. The number of aromatic carboxylic acids is 1. The van der Waals surface area contributed by atoms with Crippen molar-refractivity contribution in [3.05, 3.63) is 16.0 Å². The minimum Gasteiger partial charge on any atom is -0.478 e. The molecule has 0 aliphatic heterocycles. The van der Waals surface area contributed by atoms with Crippen LogP contribution in [0.1, 0.15) is 40.6 Å². The van der Waals surface area contributed by atoms with E-state index in [1.54, 1.807) is 0 Å². The maximum absolute atomic E-state index is 11.8. The molecule has 1 aliphatic carbocycles. The van der Waals surface area contributed by atoms with Gasteiger partial charge in [-0.25, -0.2) is 4.79 Å². The second-order valence-electron chi connectivity index (χ2n) is 5.01. The Labute approximate surface area is 121 Å². The topological polar surface area (TPSA) is 75.6 Å². The van der Waals surface area contributed by atoms with Crippen molar-refractivity contribution < 1.29 is 19.4 Å². The van der Waals surface area contributed by atoms with Crippen LogP contribution < -0.4 is 5.32 Å². The molecule has 2 N–H and O–H groups in total. The highest BCUT2D eigenvalue weighted by Gasteiger charge is 2.23. The molecule has 1 heterocycles. The van der Waals surface area contributed by atoms with Crippen LogP contribution >= 0.6 is 11.3 Å². The third kappa shape index (κ3) is 3.58. The normalized spacial score (nSPS) is 14.3. The first kappa shape index (κ1) is 15.0. The van der Waals surface area contributed by atoms with E-state index in [-0.39, 0.29) is 18.1 Å². The zero-order valence-corrected chi connectivity index (χ0v) is 12.5. The van der Waals surface area contributed by atoms with Gasteiger partial charge in [-0.05, 0) is 37.7 Å². The lowest BCUT2D eigenvalue weighted by Crippen LogP contribution is -2.19. The molecular weight excluding hydrogens is 278 g/mol. The Morgan fingerprint density at radius 3 is 2.70 bits per heavy atom. The summed E-state index contributed by atoms with van der Waals surface area (Å²) in [4.78, 5) is 24.0. The Balaban J connectivity index is 2.00. The second-order valence-corrected chi connectivity index (χ2v) is 6.23. The van der Waals surface area contributed by atoms with Crippen molar-refractivity contribution in [2.24, 2.45) is 5.92 Å². The number of amides is 1. The molecule has 6 heteroatoms. The molecule has 0 saturated heterocycles. The lowest BCUT2D eigenvalue weighted by atomic mass is 10.1. The van der Waals surface area contributed by atoms with E-state index in [0.717, 1.165) is 10.4 Å². The molecule has 110 valence electrons. The molecule has 1 aromatic heterocycles. The maximum Gasteiger partial charge on any atom is 0.339 e. The molecule has 0 aromatic carbocycles. The van der Waals surface area contributed by atoms with Crippen LogP contribution in [-0.4, -0.2) is 30.2 Å². The Morgan fingerprint density at radius 1 is 1.45 bits per heavy atom. The van der Waals surface area contributed by atoms with E-state index >= 15 is 0 Å². The van der Waals surface area contributed by atoms with Gasteiger partial charge in [0.2, 0.25) is 0 Å². The van der Waals surface area contributed by atoms with Gasteiger partial charge in [0.05, 0.1) is 12.2 Å². The highest BCUT2D eigenvalue weighted by molar-refractivity contribution is 7.16. The van der Waals surface area contributed by atoms with Gasteiger partial charge in [0.25, 0.3) is 5.91 Å². The van der Waals surface area contributed by atoms with Gasteiger partial charge in [0.15, 0.2) is 0 Å². The van der Waals surface area contributed by atoms with Gasteiger partial charge < -0.3 is 15.2 Å². The van der Waals surface area contributed by atoms with E-state index in [9.17, 15) is 14.7 Å². The van der Waals surface area contributed by atoms with Crippen LogP contribution in [0.3, 0.4) is 0 Å². The number of carboxylic acids is 1. The van der Waals surface area contributed by atoms with E-state index in [0.29, 0.717) is 23.9 Å². The highest BCUT2D eigenvalue weighted by atomic mass is 32.1. The van der Waals surface area contributed by atoms with Gasteiger partial charge in [0.1, 0.15) is 11.6 Å². The largest absolute Gasteiger partial charge is 0.478 e. The summed E-state index contributed by atoms with van der Waals surface area (Å²) in [6, 6.07) is 0. The summed E-state index contributed by atoms with van der Waals surface area (Å²) in [5.41, 5.74) is 1.00. The fraction of sp³-hybridized carbons (Fsp3) is 0.571. The van der Waals surface area contributed by atoms with E-state index < -0.39 is 5.97 Å². The SMILES string of the molecule is CCc1c(C)sc(NC(=O)COCC2CC2)c1C(=O)O. The smallest absolute Gasteiger partial charge is 0.339 e. The summed E-state index contributed by atoms with van der Waals surface area (Å²) in [7, 11) is 0. The lowest BCUT2D eigenvalue weighted by molar-refractivity contribution is -0.120. The Kier molecular flexibility index (Phi) is 4.77. The monoisotopic (exact) mass is 297 g/mol. The number of carbonyl (C=O) groups is 2. The van der Waals surface area contributed by atoms with Crippen molar-refractivity contribution in [2.75, 3.05) is 18.5 Å². The molecule has 1 aromatic rings. The summed E-state index contributed by atoms with van der Waals surface area (Å²) in [5.74, 6) is -0.689. The second kappa shape index (κ2) is 6.37. The molecular formula is C14H19NO4S. The summed E-state index contributed by atoms with van der Waals surface area (Å²) < 4.78 is 5.30. The predicted molar refractivity (Wildman–Crippen MR) is 77.6 cm³/mol. The van der Waals surface area contributed by atoms with Gasteiger partial charge in [-0.15, -0.1) is 11.3 Å². The summed E-state index contributed by atoms with van der Waals surface area (Å²) >= 11 is 1.31. The van der Waals surface area contributed by atoms with Crippen LogP contribution in [0.5, 0.6) is 0 Å². The Hall–Kier alpha value is -1.40. The number of aryl methyl sites for hydroxylation is 1. The summed E-state index contributed by atoms with van der Waals surface area (Å²) in [6.45, 7) is 4.37. The molecule has 1 saturated carbocycles. The predicted octanol–water partition coefficient (Wildman–Crippen LogP) is 2.68. The molecule has 1 aliphatic rings. The minimum atomic E-state index is -1.000. The van der Waals surface area contributed by atoms with E-state index in [1.165, 1.54) is 24.2 Å². The first-order valence-corrected chi connectivity index (χ1v) is 7.57. The standard InChI is InChI=1S/C14H19NO4S/c1-3-10-8(2)20-13(12(10)14(17)18)15-11(16)7-19-6-9-4-5-9/h9H,3-7H2,1-2H3,(H,15,16)(H,17,18). The summed E-state index contributed by atoms with van der Waals surface area (Å²) in [6.07, 6.45) is 2.99. The summed E-state index contributed by atoms with van der Waals surface area (Å²) in [5, 5.41) is 12.3. The van der Waals surface area contributed by atoms with Crippen molar-refractivity contribution in [3.63, 3.8) is 0 Å². The zero-order valence-electron chi connectivity index (χ0n) is 11.7. The fourth-order valence-electron chi connectivity index (χ4n) is 2.08. The fourth-order valence-corrected chi connectivity index (χ4v) is 3.24. The van der Waals surface area contributed by atoms with Crippen molar-refractivity contribution in [1.29, 1.82) is 0 Å². The third-order valence-corrected chi connectivity index (χ3v) is 4.38. The number of thiophene rings is 1. The van der Waals surface area contributed by atoms with E-state index in [1.807, 2.05) is 13.8 Å². The molecule has 0 radical (unpaired) electrons. The third-order valence-electron chi connectivity index (χ3n) is 3.31. The van der Waals surface area contributed by atoms with Crippen molar-refractivity contribution in [1.82, 2.24) is 0 Å². The molecule has 20 heavy (non-hydrogen) atoms. The number of hydrogen-bond donors (Lipinski definition) is 2. The number of hydrogen-bond acceptors (Lipinski definition) is 4. The van der Waals surface area contributed by atoms with Gasteiger partial charge in [-0.3, -0.25) is 4.79 Å². The first-order valence-electron chi connectivity index (χ1n) is 6.76. The van der Waals surface area contributed by atoms with Crippen LogP contribution in [0.2, 0.25) is 0 Å². The van der Waals surface area contributed by atoms with Crippen LogP contribution in [0.4, 0.5) is 5.00 Å². The molecule has 2 rings (SSSR count). The molecule has 0 bridgehead atoms. The van der Waals surface area contributed by atoms with Crippen molar-refractivity contribution >= 4 is 28.2 Å². The van der Waals surface area contributed by atoms with Crippen molar-refractivity contribution in [3.8, 4) is 0 Å². The quantitative estimate of drug-likeness (QED) is 0.811. The molecule has 1 fully saturated rings. The number of carbonyl (C=O) groups excluding carboxylic acids is 1. The number of nitrogens with one attached hydrogen (secondary N) is 1. The minimum absolute atomic E-state index is 0.0199.